The second-order valence-electron chi connectivity index (χ2n) is 4.15. The maximum atomic E-state index is 5.39. The molecule has 2 rings (SSSR count). The predicted octanol–water partition coefficient (Wildman–Crippen LogP) is 1.90. The van der Waals surface area contributed by atoms with Gasteiger partial charge in [0.05, 0.1) is 0 Å². The van der Waals surface area contributed by atoms with E-state index in [-0.39, 0.29) is 0 Å². The van der Waals surface area contributed by atoms with Gasteiger partial charge in [0.1, 0.15) is 0 Å². The van der Waals surface area contributed by atoms with E-state index in [2.05, 4.69) is 17.1 Å². The highest BCUT2D eigenvalue weighted by Gasteiger charge is 2.32. The molecule has 0 aliphatic heterocycles. The third kappa shape index (κ3) is 2.56. The molecule has 3 heteroatoms. The van der Waals surface area contributed by atoms with Crippen LogP contribution in [0.25, 0.3) is 0 Å². The second kappa shape index (κ2) is 3.82. The number of hydrogen-bond acceptors (Lipinski definition) is 1. The molecule has 0 bridgehead atoms. The average Bonchev–Trinajstić information content (AvgIpc) is 2.92. The van der Waals surface area contributed by atoms with Gasteiger partial charge in [-0.2, -0.15) is 0 Å². The molecular formula is C10H18N2S. The minimum atomic E-state index is 0.700. The lowest BCUT2D eigenvalue weighted by Gasteiger charge is -2.25. The standard InChI is InChI=1S/C10H18N2S/c1-2-7-12(9-5-6-9)10(13)11-8-3-4-8/h8-9H,2-7H2,1H3,(H,11,13). The van der Waals surface area contributed by atoms with Crippen LogP contribution in [0.5, 0.6) is 0 Å². The zero-order chi connectivity index (χ0) is 9.26. The molecule has 74 valence electrons. The Hall–Kier alpha value is -0.310. The molecule has 0 amide bonds. The number of hydrogen-bond donors (Lipinski definition) is 1. The van der Waals surface area contributed by atoms with Crippen LogP contribution in [0.15, 0.2) is 0 Å². The van der Waals surface area contributed by atoms with E-state index in [4.69, 9.17) is 12.2 Å². The first-order valence-electron chi connectivity index (χ1n) is 5.38. The first kappa shape index (κ1) is 9.25. The van der Waals surface area contributed by atoms with Crippen molar-refractivity contribution in [2.45, 2.75) is 51.1 Å². The molecule has 0 aromatic rings. The molecule has 0 unspecified atom stereocenters. The molecule has 0 spiro atoms. The van der Waals surface area contributed by atoms with Crippen LogP contribution >= 0.6 is 12.2 Å². The van der Waals surface area contributed by atoms with Gasteiger partial charge in [0.2, 0.25) is 0 Å². The molecular weight excluding hydrogens is 180 g/mol. The van der Waals surface area contributed by atoms with Crippen molar-refractivity contribution >= 4 is 17.3 Å². The Morgan fingerprint density at radius 3 is 2.54 bits per heavy atom. The van der Waals surface area contributed by atoms with Gasteiger partial charge >= 0.3 is 0 Å². The van der Waals surface area contributed by atoms with Crippen LogP contribution in [0.4, 0.5) is 0 Å². The summed E-state index contributed by atoms with van der Waals surface area (Å²) in [5, 5.41) is 4.42. The molecule has 0 heterocycles. The zero-order valence-electron chi connectivity index (χ0n) is 8.25. The van der Waals surface area contributed by atoms with Crippen molar-refractivity contribution in [3.8, 4) is 0 Å². The quantitative estimate of drug-likeness (QED) is 0.695. The van der Waals surface area contributed by atoms with E-state index in [0.29, 0.717) is 6.04 Å². The summed E-state index contributed by atoms with van der Waals surface area (Å²) in [7, 11) is 0. The number of nitrogens with zero attached hydrogens (tertiary/aromatic N) is 1. The second-order valence-corrected chi connectivity index (χ2v) is 4.54. The number of rotatable bonds is 4. The van der Waals surface area contributed by atoms with Crippen molar-refractivity contribution in [3.63, 3.8) is 0 Å². The molecule has 0 saturated heterocycles. The van der Waals surface area contributed by atoms with Gasteiger partial charge in [-0.25, -0.2) is 0 Å². The summed E-state index contributed by atoms with van der Waals surface area (Å²) in [4.78, 5) is 2.38. The molecule has 2 aliphatic rings. The molecule has 0 atom stereocenters. The Kier molecular flexibility index (Phi) is 2.72. The minimum Gasteiger partial charge on any atom is -0.360 e. The first-order valence-corrected chi connectivity index (χ1v) is 5.79. The van der Waals surface area contributed by atoms with Crippen LogP contribution in [-0.4, -0.2) is 28.6 Å². The summed E-state index contributed by atoms with van der Waals surface area (Å²) in [6.07, 6.45) is 6.50. The molecule has 2 nitrogen and oxygen atoms in total. The van der Waals surface area contributed by atoms with E-state index in [1.54, 1.807) is 0 Å². The highest BCUT2D eigenvalue weighted by Crippen LogP contribution is 2.28. The smallest absolute Gasteiger partial charge is 0.169 e. The maximum Gasteiger partial charge on any atom is 0.169 e. The van der Waals surface area contributed by atoms with Crippen molar-refractivity contribution in [1.82, 2.24) is 10.2 Å². The number of nitrogens with one attached hydrogen (secondary N) is 1. The fourth-order valence-corrected chi connectivity index (χ4v) is 1.97. The minimum absolute atomic E-state index is 0.700. The zero-order valence-corrected chi connectivity index (χ0v) is 9.07. The summed E-state index contributed by atoms with van der Waals surface area (Å²) in [6, 6.07) is 1.46. The largest absolute Gasteiger partial charge is 0.360 e. The van der Waals surface area contributed by atoms with E-state index in [1.165, 1.54) is 32.1 Å². The summed E-state index contributed by atoms with van der Waals surface area (Å²) in [5.74, 6) is 0. The van der Waals surface area contributed by atoms with Gasteiger partial charge in [-0.15, -0.1) is 0 Å². The number of thiocarbonyl (C=S) groups is 1. The lowest BCUT2D eigenvalue weighted by molar-refractivity contribution is 0.401. The van der Waals surface area contributed by atoms with E-state index in [9.17, 15) is 0 Å². The Morgan fingerprint density at radius 2 is 2.08 bits per heavy atom. The van der Waals surface area contributed by atoms with Crippen molar-refractivity contribution in [3.05, 3.63) is 0 Å². The average molecular weight is 198 g/mol. The Bertz CT molecular complexity index is 197. The Balaban J connectivity index is 1.81. The van der Waals surface area contributed by atoms with E-state index >= 15 is 0 Å². The first-order chi connectivity index (χ1) is 6.31. The monoisotopic (exact) mass is 198 g/mol. The Morgan fingerprint density at radius 1 is 1.38 bits per heavy atom. The summed E-state index contributed by atoms with van der Waals surface area (Å²) in [5.41, 5.74) is 0. The van der Waals surface area contributed by atoms with Crippen LogP contribution in [0.1, 0.15) is 39.0 Å². The SMILES string of the molecule is CCCN(C(=S)NC1CC1)C1CC1. The molecule has 2 fully saturated rings. The summed E-state index contributed by atoms with van der Waals surface area (Å²) >= 11 is 5.39. The van der Waals surface area contributed by atoms with Crippen LogP contribution in [0.2, 0.25) is 0 Å². The van der Waals surface area contributed by atoms with Crippen molar-refractivity contribution in [2.24, 2.45) is 0 Å². The molecule has 0 aromatic heterocycles. The van der Waals surface area contributed by atoms with Gasteiger partial charge in [0, 0.05) is 18.6 Å². The fourth-order valence-electron chi connectivity index (χ4n) is 1.56. The van der Waals surface area contributed by atoms with E-state index in [1.807, 2.05) is 0 Å². The fraction of sp³-hybridized carbons (Fsp3) is 0.900. The topological polar surface area (TPSA) is 15.3 Å². The highest BCUT2D eigenvalue weighted by atomic mass is 32.1. The van der Waals surface area contributed by atoms with Gasteiger partial charge in [-0.1, -0.05) is 6.92 Å². The lowest BCUT2D eigenvalue weighted by Crippen LogP contribution is -2.42. The summed E-state index contributed by atoms with van der Waals surface area (Å²) in [6.45, 7) is 3.35. The maximum absolute atomic E-state index is 5.39. The third-order valence-corrected chi connectivity index (χ3v) is 2.97. The third-order valence-electron chi connectivity index (χ3n) is 2.62. The van der Waals surface area contributed by atoms with Crippen molar-refractivity contribution in [1.29, 1.82) is 0 Å². The van der Waals surface area contributed by atoms with E-state index in [0.717, 1.165) is 17.7 Å². The van der Waals surface area contributed by atoms with Gasteiger partial charge in [-0.05, 0) is 44.3 Å². The summed E-state index contributed by atoms with van der Waals surface area (Å²) < 4.78 is 0. The van der Waals surface area contributed by atoms with Crippen LogP contribution < -0.4 is 5.32 Å². The van der Waals surface area contributed by atoms with Crippen LogP contribution in [0.3, 0.4) is 0 Å². The molecule has 13 heavy (non-hydrogen) atoms. The van der Waals surface area contributed by atoms with Gasteiger partial charge in [-0.3, -0.25) is 0 Å². The van der Waals surface area contributed by atoms with Crippen molar-refractivity contribution < 1.29 is 0 Å². The predicted molar refractivity (Wildman–Crippen MR) is 58.8 cm³/mol. The molecule has 1 N–H and O–H groups in total. The van der Waals surface area contributed by atoms with Crippen LogP contribution in [0, 0.1) is 0 Å². The molecule has 2 aliphatic carbocycles. The Labute approximate surface area is 85.7 Å². The normalized spacial score (nSPS) is 21.3. The molecule has 0 aromatic carbocycles. The van der Waals surface area contributed by atoms with Gasteiger partial charge in [0.25, 0.3) is 0 Å². The van der Waals surface area contributed by atoms with Gasteiger partial charge in [0.15, 0.2) is 5.11 Å². The van der Waals surface area contributed by atoms with Crippen LogP contribution in [-0.2, 0) is 0 Å². The molecule has 0 radical (unpaired) electrons. The lowest BCUT2D eigenvalue weighted by atomic mass is 10.4. The van der Waals surface area contributed by atoms with E-state index < -0.39 is 0 Å². The molecule has 2 saturated carbocycles. The van der Waals surface area contributed by atoms with Crippen molar-refractivity contribution in [2.75, 3.05) is 6.54 Å². The van der Waals surface area contributed by atoms with Gasteiger partial charge < -0.3 is 10.2 Å². The highest BCUT2D eigenvalue weighted by molar-refractivity contribution is 7.80.